The predicted molar refractivity (Wildman–Crippen MR) is 80.8 cm³/mol. The van der Waals surface area contributed by atoms with Gasteiger partial charge in [-0.05, 0) is 50.5 Å². The number of hydrogen-bond acceptors (Lipinski definition) is 3. The summed E-state index contributed by atoms with van der Waals surface area (Å²) in [5.74, 6) is -0.0524. The minimum absolute atomic E-state index is 0.0799. The topological polar surface area (TPSA) is 87.7 Å². The molecule has 1 unspecified atom stereocenters. The molecule has 1 atom stereocenters. The molecule has 0 aliphatic carbocycles. The molecular weight excluding hydrogens is 272 g/mol. The van der Waals surface area contributed by atoms with Crippen LogP contribution in [0.4, 0.5) is 10.5 Å². The molecule has 1 aromatic carbocycles. The van der Waals surface area contributed by atoms with Gasteiger partial charge >= 0.3 is 12.0 Å². The number of aryl methyl sites for hydroxylation is 1. The molecule has 6 heteroatoms. The number of urea groups is 1. The molecular formula is C15H22N2O4. The van der Waals surface area contributed by atoms with Crippen molar-refractivity contribution in [2.24, 2.45) is 0 Å². The first-order chi connectivity index (χ1) is 9.92. The van der Waals surface area contributed by atoms with Gasteiger partial charge in [0.15, 0.2) is 0 Å². The third-order valence-electron chi connectivity index (χ3n) is 3.06. The van der Waals surface area contributed by atoms with Gasteiger partial charge in [0.05, 0.1) is 7.11 Å². The van der Waals surface area contributed by atoms with E-state index in [-0.39, 0.29) is 18.5 Å². The molecule has 0 fully saturated rings. The molecule has 116 valence electrons. The number of carboxylic acids is 1. The van der Waals surface area contributed by atoms with Crippen molar-refractivity contribution in [2.75, 3.05) is 12.4 Å². The van der Waals surface area contributed by atoms with Crippen molar-refractivity contribution >= 4 is 17.7 Å². The molecule has 0 saturated carbocycles. The van der Waals surface area contributed by atoms with Crippen LogP contribution in [-0.4, -0.2) is 30.3 Å². The fourth-order valence-electron chi connectivity index (χ4n) is 1.98. The second-order valence-electron chi connectivity index (χ2n) is 4.97. The highest BCUT2D eigenvalue weighted by Crippen LogP contribution is 2.21. The smallest absolute Gasteiger partial charge is 0.319 e. The zero-order valence-electron chi connectivity index (χ0n) is 12.6. The van der Waals surface area contributed by atoms with E-state index in [4.69, 9.17) is 9.84 Å². The van der Waals surface area contributed by atoms with Crippen LogP contribution < -0.4 is 15.4 Å². The largest absolute Gasteiger partial charge is 0.496 e. The highest BCUT2D eigenvalue weighted by atomic mass is 16.5. The summed E-state index contributed by atoms with van der Waals surface area (Å²) in [4.78, 5) is 22.2. The summed E-state index contributed by atoms with van der Waals surface area (Å²) in [6.07, 6.45) is 1.28. The van der Waals surface area contributed by atoms with E-state index in [0.717, 1.165) is 11.3 Å². The Kier molecular flexibility index (Phi) is 6.52. The van der Waals surface area contributed by atoms with E-state index in [1.165, 1.54) is 0 Å². The molecule has 3 N–H and O–H groups in total. The number of aliphatic carboxylic acids is 1. The van der Waals surface area contributed by atoms with Crippen LogP contribution in [0.5, 0.6) is 5.75 Å². The first-order valence-electron chi connectivity index (χ1n) is 6.86. The number of ether oxygens (including phenoxy) is 1. The standard InChI is InChI=1S/C15H22N2O4/c1-10-9-12(7-8-13(10)21-3)17-15(20)16-11(2)5-4-6-14(18)19/h7-9,11H,4-6H2,1-3H3,(H,18,19)(H2,16,17,20). The Hall–Kier alpha value is -2.24. The lowest BCUT2D eigenvalue weighted by atomic mass is 10.1. The number of hydrogen-bond donors (Lipinski definition) is 3. The Morgan fingerprint density at radius 2 is 2.10 bits per heavy atom. The number of anilines is 1. The first-order valence-corrected chi connectivity index (χ1v) is 6.86. The summed E-state index contributed by atoms with van der Waals surface area (Å²) >= 11 is 0. The van der Waals surface area contributed by atoms with E-state index in [1.54, 1.807) is 19.2 Å². The maximum Gasteiger partial charge on any atom is 0.319 e. The minimum atomic E-state index is -0.819. The van der Waals surface area contributed by atoms with Crippen molar-refractivity contribution in [3.63, 3.8) is 0 Å². The van der Waals surface area contributed by atoms with Gasteiger partial charge in [0.2, 0.25) is 0 Å². The number of methoxy groups -OCH3 is 1. The van der Waals surface area contributed by atoms with Gasteiger partial charge in [-0.1, -0.05) is 0 Å². The normalized spacial score (nSPS) is 11.6. The molecule has 1 rings (SSSR count). The van der Waals surface area contributed by atoms with Gasteiger partial charge in [0, 0.05) is 18.2 Å². The van der Waals surface area contributed by atoms with Crippen molar-refractivity contribution in [1.82, 2.24) is 5.32 Å². The van der Waals surface area contributed by atoms with Gasteiger partial charge in [-0.25, -0.2) is 4.79 Å². The number of carboxylic acid groups (broad SMARTS) is 1. The van der Waals surface area contributed by atoms with Crippen LogP contribution in [0.15, 0.2) is 18.2 Å². The second kappa shape index (κ2) is 8.14. The van der Waals surface area contributed by atoms with Gasteiger partial charge in [-0.2, -0.15) is 0 Å². The molecule has 0 aliphatic heterocycles. The molecule has 0 radical (unpaired) electrons. The molecule has 1 aromatic rings. The van der Waals surface area contributed by atoms with Crippen LogP contribution in [0.2, 0.25) is 0 Å². The third kappa shape index (κ3) is 6.16. The Morgan fingerprint density at radius 3 is 2.67 bits per heavy atom. The van der Waals surface area contributed by atoms with E-state index in [1.807, 2.05) is 19.9 Å². The summed E-state index contributed by atoms with van der Waals surface area (Å²) in [6, 6.07) is 5.00. The number of carbonyl (C=O) groups excluding carboxylic acids is 1. The second-order valence-corrected chi connectivity index (χ2v) is 4.97. The fourth-order valence-corrected chi connectivity index (χ4v) is 1.98. The number of nitrogens with one attached hydrogen (secondary N) is 2. The van der Waals surface area contributed by atoms with Crippen LogP contribution in [0, 0.1) is 6.92 Å². The third-order valence-corrected chi connectivity index (χ3v) is 3.06. The van der Waals surface area contributed by atoms with E-state index < -0.39 is 5.97 Å². The van der Waals surface area contributed by atoms with Crippen molar-refractivity contribution < 1.29 is 19.4 Å². The van der Waals surface area contributed by atoms with Gasteiger partial charge in [0.25, 0.3) is 0 Å². The lowest BCUT2D eigenvalue weighted by molar-refractivity contribution is -0.137. The highest BCUT2D eigenvalue weighted by molar-refractivity contribution is 5.89. The van der Waals surface area contributed by atoms with Gasteiger partial charge < -0.3 is 20.5 Å². The van der Waals surface area contributed by atoms with E-state index >= 15 is 0 Å². The van der Waals surface area contributed by atoms with Crippen molar-refractivity contribution in [3.8, 4) is 5.75 Å². The summed E-state index contributed by atoms with van der Waals surface area (Å²) < 4.78 is 5.16. The van der Waals surface area contributed by atoms with Crippen molar-refractivity contribution in [2.45, 2.75) is 39.2 Å². The summed E-state index contributed by atoms with van der Waals surface area (Å²) in [5.41, 5.74) is 1.62. The van der Waals surface area contributed by atoms with Gasteiger partial charge in [0.1, 0.15) is 5.75 Å². The first kappa shape index (κ1) is 16.8. The Bertz CT molecular complexity index is 502. The molecule has 2 amide bonds. The molecule has 0 aliphatic rings. The number of benzene rings is 1. The van der Waals surface area contributed by atoms with Crippen LogP contribution >= 0.6 is 0 Å². The fraction of sp³-hybridized carbons (Fsp3) is 0.467. The minimum Gasteiger partial charge on any atom is -0.496 e. The van der Waals surface area contributed by atoms with E-state index in [9.17, 15) is 9.59 Å². The van der Waals surface area contributed by atoms with Crippen LogP contribution in [0.1, 0.15) is 31.7 Å². The average molecular weight is 294 g/mol. The molecule has 0 bridgehead atoms. The molecule has 0 spiro atoms. The Morgan fingerprint density at radius 1 is 1.38 bits per heavy atom. The van der Waals surface area contributed by atoms with E-state index in [0.29, 0.717) is 18.5 Å². The predicted octanol–water partition coefficient (Wildman–Crippen LogP) is 2.77. The highest BCUT2D eigenvalue weighted by Gasteiger charge is 2.09. The van der Waals surface area contributed by atoms with Crippen LogP contribution in [0.25, 0.3) is 0 Å². The molecule has 6 nitrogen and oxygen atoms in total. The van der Waals surface area contributed by atoms with Crippen molar-refractivity contribution in [3.05, 3.63) is 23.8 Å². The Balaban J connectivity index is 2.42. The zero-order valence-corrected chi connectivity index (χ0v) is 12.6. The Labute approximate surface area is 124 Å². The quantitative estimate of drug-likeness (QED) is 0.721. The summed E-state index contributed by atoms with van der Waals surface area (Å²) in [7, 11) is 1.60. The number of carbonyl (C=O) groups is 2. The van der Waals surface area contributed by atoms with Crippen LogP contribution in [-0.2, 0) is 4.79 Å². The summed E-state index contributed by atoms with van der Waals surface area (Å²) in [6.45, 7) is 3.75. The SMILES string of the molecule is COc1ccc(NC(=O)NC(C)CCCC(=O)O)cc1C. The lowest BCUT2D eigenvalue weighted by Gasteiger charge is -2.15. The lowest BCUT2D eigenvalue weighted by Crippen LogP contribution is -2.36. The number of rotatable bonds is 7. The maximum atomic E-state index is 11.8. The molecule has 21 heavy (non-hydrogen) atoms. The molecule has 0 saturated heterocycles. The zero-order chi connectivity index (χ0) is 15.8. The molecule has 0 aromatic heterocycles. The maximum absolute atomic E-state index is 11.8. The van der Waals surface area contributed by atoms with Gasteiger partial charge in [-0.15, -0.1) is 0 Å². The number of amides is 2. The molecule has 0 heterocycles. The van der Waals surface area contributed by atoms with E-state index in [2.05, 4.69) is 10.6 Å². The monoisotopic (exact) mass is 294 g/mol. The van der Waals surface area contributed by atoms with Crippen LogP contribution in [0.3, 0.4) is 0 Å². The summed E-state index contributed by atoms with van der Waals surface area (Å²) in [5, 5.41) is 14.1. The van der Waals surface area contributed by atoms with Gasteiger partial charge in [-0.3, -0.25) is 4.79 Å². The van der Waals surface area contributed by atoms with Crippen molar-refractivity contribution in [1.29, 1.82) is 0 Å². The average Bonchev–Trinajstić information content (AvgIpc) is 2.38.